The van der Waals surface area contributed by atoms with Gasteiger partial charge in [-0.25, -0.2) is 0 Å². The molecule has 6 N–H and O–H groups in total. The maximum atomic E-state index is 12.7. The third-order valence-corrected chi connectivity index (χ3v) is 15.7. The summed E-state index contributed by atoms with van der Waals surface area (Å²) >= 11 is 0. The first-order valence-electron chi connectivity index (χ1n) is 18.4. The fraction of sp³-hybridized carbons (Fsp3) is 0.973. The van der Waals surface area contributed by atoms with Gasteiger partial charge in [-0.15, -0.1) is 0 Å². The van der Waals surface area contributed by atoms with Gasteiger partial charge in [0, 0.05) is 30.3 Å². The summed E-state index contributed by atoms with van der Waals surface area (Å²) in [6.07, 6.45) is 0.00475. The third-order valence-electron chi connectivity index (χ3n) is 15.7. The summed E-state index contributed by atoms with van der Waals surface area (Å²) in [5, 5.41) is 65.8. The molecule has 2 spiro atoms. The Morgan fingerprint density at radius 2 is 1.62 bits per heavy atom. The van der Waals surface area contributed by atoms with Gasteiger partial charge in [0.15, 0.2) is 6.29 Å². The first kappa shape index (κ1) is 35.5. The third kappa shape index (κ3) is 4.60. The highest BCUT2D eigenvalue weighted by Crippen LogP contribution is 2.90. The van der Waals surface area contributed by atoms with Gasteiger partial charge >= 0.3 is 5.97 Å². The summed E-state index contributed by atoms with van der Waals surface area (Å²) in [6.45, 7) is 13.4. The highest BCUT2D eigenvalue weighted by molar-refractivity contribution is 5.66. The zero-order valence-corrected chi connectivity index (χ0v) is 29.9. The Kier molecular flexibility index (Phi) is 8.18. The Balaban J connectivity index is 1.21. The summed E-state index contributed by atoms with van der Waals surface area (Å²) in [6, 6.07) is 0. The largest absolute Gasteiger partial charge is 0.459 e. The standard InChI is InChI=1S/C37H60O11/c1-19(39)46-27-28(33(6)10-9-24(48-33)32(4,5)44)37(18-38)13-12-36-17-35(36)11-8-20(47-30-26(42)25(41)21(40)16-45-30)14-22(35)31(2,3)15-23(36)34(37,7)29(27)43/h20-30,38,40-44H,8-18H2,1-7H3. The van der Waals surface area contributed by atoms with Crippen molar-refractivity contribution in [3.8, 4) is 0 Å². The van der Waals surface area contributed by atoms with E-state index in [9.17, 15) is 35.4 Å². The number of fused-ring (bicyclic) bond motifs is 2. The van der Waals surface area contributed by atoms with Gasteiger partial charge in [-0.05, 0) is 107 Å². The van der Waals surface area contributed by atoms with E-state index in [1.807, 2.05) is 6.92 Å². The van der Waals surface area contributed by atoms with Crippen LogP contribution in [0.1, 0.15) is 106 Å². The van der Waals surface area contributed by atoms with Crippen molar-refractivity contribution in [1.82, 2.24) is 0 Å². The number of carbonyl (C=O) groups is 1. The minimum absolute atomic E-state index is 0.0313. The van der Waals surface area contributed by atoms with Crippen molar-refractivity contribution in [2.75, 3.05) is 13.2 Å². The molecule has 2 aliphatic heterocycles. The fourth-order valence-corrected chi connectivity index (χ4v) is 13.5. The molecule has 11 nitrogen and oxygen atoms in total. The number of hydrogen-bond acceptors (Lipinski definition) is 11. The van der Waals surface area contributed by atoms with Crippen LogP contribution >= 0.6 is 0 Å². The molecule has 0 amide bonds. The lowest BCUT2D eigenvalue weighted by Gasteiger charge is -2.65. The van der Waals surface area contributed by atoms with E-state index in [0.717, 1.165) is 38.5 Å². The molecule has 16 atom stereocenters. The zero-order chi connectivity index (χ0) is 35.0. The quantitative estimate of drug-likeness (QED) is 0.180. The van der Waals surface area contributed by atoms with E-state index in [0.29, 0.717) is 25.2 Å². The van der Waals surface area contributed by atoms with E-state index < -0.39 is 76.8 Å². The van der Waals surface area contributed by atoms with Crippen molar-refractivity contribution < 1.29 is 54.4 Å². The topological polar surface area (TPSA) is 175 Å². The lowest BCUT2D eigenvalue weighted by atomic mass is 9.39. The van der Waals surface area contributed by atoms with Crippen molar-refractivity contribution in [3.05, 3.63) is 0 Å². The Bertz CT molecular complexity index is 1280. The molecule has 48 heavy (non-hydrogen) atoms. The van der Waals surface area contributed by atoms with Crippen molar-refractivity contribution in [1.29, 1.82) is 0 Å². The summed E-state index contributed by atoms with van der Waals surface area (Å²) in [4.78, 5) is 12.7. The van der Waals surface area contributed by atoms with Gasteiger partial charge in [-0.3, -0.25) is 4.79 Å². The van der Waals surface area contributed by atoms with E-state index in [1.165, 1.54) is 6.92 Å². The molecule has 2 heterocycles. The molecule has 5 saturated carbocycles. The second kappa shape index (κ2) is 11.1. The zero-order valence-electron chi connectivity index (χ0n) is 29.9. The second-order valence-corrected chi connectivity index (χ2v) is 18.8. The average molecular weight is 681 g/mol. The molecule has 7 fully saturated rings. The lowest BCUT2D eigenvalue weighted by molar-refractivity contribution is -0.290. The van der Waals surface area contributed by atoms with Crippen molar-refractivity contribution in [2.24, 2.45) is 44.8 Å². The SMILES string of the molecule is CC(=O)OC1C(C2(C)CCC(C(C)(C)O)O2)C2(CO)CCC34CC35CCC(OC3OCC(O)C(O)C3O)CC5C(C)(C)CC4C2(C)C1O. The molecule has 0 radical (unpaired) electrons. The molecule has 274 valence electrons. The van der Waals surface area contributed by atoms with Crippen molar-refractivity contribution in [3.63, 3.8) is 0 Å². The van der Waals surface area contributed by atoms with E-state index in [4.69, 9.17) is 18.9 Å². The molecule has 5 aliphatic carbocycles. The summed E-state index contributed by atoms with van der Waals surface area (Å²) in [5.74, 6) is -0.528. The van der Waals surface area contributed by atoms with E-state index in [-0.39, 0.29) is 41.5 Å². The Morgan fingerprint density at radius 1 is 0.938 bits per heavy atom. The average Bonchev–Trinajstić information content (AvgIpc) is 3.37. The van der Waals surface area contributed by atoms with Crippen LogP contribution in [0.5, 0.6) is 0 Å². The van der Waals surface area contributed by atoms with Crippen LogP contribution in [0.3, 0.4) is 0 Å². The number of hydrogen-bond donors (Lipinski definition) is 6. The molecule has 0 aromatic heterocycles. The molecule has 0 bridgehead atoms. The summed E-state index contributed by atoms with van der Waals surface area (Å²) in [7, 11) is 0. The molecule has 7 aliphatic rings. The predicted octanol–water partition coefficient (Wildman–Crippen LogP) is 2.44. The van der Waals surface area contributed by atoms with E-state index in [2.05, 4.69) is 20.8 Å². The summed E-state index contributed by atoms with van der Waals surface area (Å²) < 4.78 is 24.7. The molecule has 7 rings (SSSR count). The van der Waals surface area contributed by atoms with Crippen molar-refractivity contribution >= 4 is 5.97 Å². The fourth-order valence-electron chi connectivity index (χ4n) is 13.5. The number of aliphatic hydroxyl groups is 6. The monoisotopic (exact) mass is 680 g/mol. The highest BCUT2D eigenvalue weighted by Gasteiger charge is 2.86. The maximum Gasteiger partial charge on any atom is 0.303 e. The first-order chi connectivity index (χ1) is 22.2. The van der Waals surface area contributed by atoms with Crippen LogP contribution in [0, 0.1) is 44.8 Å². The highest BCUT2D eigenvalue weighted by atomic mass is 16.7. The van der Waals surface area contributed by atoms with Gasteiger partial charge in [-0.2, -0.15) is 0 Å². The predicted molar refractivity (Wildman–Crippen MR) is 172 cm³/mol. The molecule has 2 saturated heterocycles. The van der Waals surface area contributed by atoms with Gasteiger partial charge in [0.05, 0.1) is 36.1 Å². The smallest absolute Gasteiger partial charge is 0.303 e. The Morgan fingerprint density at radius 3 is 2.25 bits per heavy atom. The minimum atomic E-state index is -1.32. The van der Waals surface area contributed by atoms with E-state index in [1.54, 1.807) is 13.8 Å². The summed E-state index contributed by atoms with van der Waals surface area (Å²) in [5.41, 5.74) is -3.55. The molecular weight excluding hydrogens is 620 g/mol. The Hall–Kier alpha value is -0.890. The normalized spacial score (nSPS) is 55.6. The Labute approximate surface area is 284 Å². The molecule has 16 unspecified atom stereocenters. The number of esters is 1. The van der Waals surface area contributed by atoms with Crippen LogP contribution in [-0.2, 0) is 23.7 Å². The lowest BCUT2D eigenvalue weighted by Crippen LogP contribution is -2.63. The van der Waals surface area contributed by atoms with Gasteiger partial charge < -0.3 is 49.6 Å². The van der Waals surface area contributed by atoms with Crippen LogP contribution in [0.4, 0.5) is 0 Å². The van der Waals surface area contributed by atoms with Gasteiger partial charge in [0.1, 0.15) is 24.4 Å². The van der Waals surface area contributed by atoms with Crippen LogP contribution < -0.4 is 0 Å². The van der Waals surface area contributed by atoms with Gasteiger partial charge in [0.2, 0.25) is 0 Å². The number of rotatable bonds is 6. The van der Waals surface area contributed by atoms with Crippen LogP contribution in [0.25, 0.3) is 0 Å². The van der Waals surface area contributed by atoms with E-state index >= 15 is 0 Å². The van der Waals surface area contributed by atoms with Crippen LogP contribution in [0.2, 0.25) is 0 Å². The second-order valence-electron chi connectivity index (χ2n) is 18.8. The number of aliphatic hydroxyl groups excluding tert-OH is 5. The van der Waals surface area contributed by atoms with Crippen LogP contribution in [-0.4, -0.2) is 110 Å². The molecule has 11 heteroatoms. The maximum absolute atomic E-state index is 12.7. The van der Waals surface area contributed by atoms with Gasteiger partial charge in [0.25, 0.3) is 0 Å². The number of ether oxygens (including phenoxy) is 4. The van der Waals surface area contributed by atoms with Crippen molar-refractivity contribution in [2.45, 2.75) is 166 Å². The molecular formula is C37H60O11. The minimum Gasteiger partial charge on any atom is -0.459 e. The molecule has 0 aromatic rings. The van der Waals surface area contributed by atoms with Gasteiger partial charge in [-0.1, -0.05) is 20.8 Å². The number of carbonyl (C=O) groups excluding carboxylic acids is 1. The van der Waals surface area contributed by atoms with Crippen LogP contribution in [0.15, 0.2) is 0 Å². The molecule has 0 aromatic carbocycles. The first-order valence-corrected chi connectivity index (χ1v) is 18.4.